The quantitative estimate of drug-likeness (QED) is 0.370. The minimum absolute atomic E-state index is 0.0226. The van der Waals surface area contributed by atoms with Gasteiger partial charge in [-0.15, -0.1) is 6.58 Å². The summed E-state index contributed by atoms with van der Waals surface area (Å²) in [4.78, 5) is 0. The Kier molecular flexibility index (Phi) is 3.24. The van der Waals surface area contributed by atoms with E-state index in [1.54, 1.807) is 17.0 Å². The molecular formula is C7H11IN4. The Balaban J connectivity index is 3.00. The van der Waals surface area contributed by atoms with Crippen LogP contribution in [0.2, 0.25) is 0 Å². The molecule has 5 heteroatoms. The minimum atomic E-state index is -0.0226. The van der Waals surface area contributed by atoms with Crippen LogP contribution in [0.1, 0.15) is 11.6 Å². The van der Waals surface area contributed by atoms with Gasteiger partial charge in [0.05, 0.1) is 12.2 Å². The average molecular weight is 278 g/mol. The second kappa shape index (κ2) is 4.01. The number of nitrogens with one attached hydrogen (secondary N) is 1. The molecule has 1 heterocycles. The maximum Gasteiger partial charge on any atom is 0.104 e. The lowest BCUT2D eigenvalue weighted by Gasteiger charge is -2.08. The van der Waals surface area contributed by atoms with Crippen LogP contribution in [0.15, 0.2) is 18.9 Å². The number of hydrogen-bond acceptors (Lipinski definition) is 3. The Labute approximate surface area is 84.9 Å². The Bertz CT molecular complexity index is 281. The number of aromatic nitrogens is 2. The summed E-state index contributed by atoms with van der Waals surface area (Å²) < 4.78 is 2.86. The molecular weight excluding hydrogens is 267 g/mol. The fourth-order valence-corrected chi connectivity index (χ4v) is 1.53. The third kappa shape index (κ3) is 1.67. The van der Waals surface area contributed by atoms with Crippen LogP contribution in [0, 0.1) is 3.70 Å². The molecule has 1 rings (SSSR count). The van der Waals surface area contributed by atoms with E-state index >= 15 is 0 Å². The maximum atomic E-state index is 5.33. The van der Waals surface area contributed by atoms with Gasteiger partial charge in [0.1, 0.15) is 3.70 Å². The van der Waals surface area contributed by atoms with E-state index < -0.39 is 0 Å². The zero-order valence-electron chi connectivity index (χ0n) is 6.79. The molecule has 0 aliphatic heterocycles. The summed E-state index contributed by atoms with van der Waals surface area (Å²) in [5.74, 6) is 5.33. The minimum Gasteiger partial charge on any atom is -0.271 e. The number of rotatable bonds is 3. The first-order chi connectivity index (χ1) is 5.70. The van der Waals surface area contributed by atoms with Gasteiger partial charge in [0.15, 0.2) is 0 Å². The molecule has 0 radical (unpaired) electrons. The van der Waals surface area contributed by atoms with Gasteiger partial charge in [-0.3, -0.25) is 10.5 Å². The van der Waals surface area contributed by atoms with Crippen LogP contribution in [-0.4, -0.2) is 9.78 Å². The molecule has 0 fully saturated rings. The van der Waals surface area contributed by atoms with Crippen LogP contribution < -0.4 is 11.3 Å². The molecule has 1 unspecified atom stereocenters. The van der Waals surface area contributed by atoms with Gasteiger partial charge >= 0.3 is 0 Å². The molecule has 1 aromatic rings. The van der Waals surface area contributed by atoms with Crippen LogP contribution in [0.5, 0.6) is 0 Å². The number of nitrogens with zero attached hydrogens (tertiary/aromatic N) is 2. The Morgan fingerprint density at radius 1 is 1.92 bits per heavy atom. The molecule has 0 aliphatic rings. The van der Waals surface area contributed by atoms with E-state index in [4.69, 9.17) is 5.84 Å². The number of hydrogen-bond donors (Lipinski definition) is 2. The molecule has 3 N–H and O–H groups in total. The Hall–Kier alpha value is -0.400. The number of hydrazine groups is 1. The van der Waals surface area contributed by atoms with Gasteiger partial charge in [-0.25, -0.2) is 5.43 Å². The number of halogens is 1. The SMILES string of the molecule is C=CC(NN)c1cnn(C)c1I. The molecule has 0 saturated carbocycles. The van der Waals surface area contributed by atoms with Crippen LogP contribution in [-0.2, 0) is 7.05 Å². The number of aryl methyl sites for hydroxylation is 1. The summed E-state index contributed by atoms with van der Waals surface area (Å²) in [7, 11) is 1.89. The highest BCUT2D eigenvalue weighted by atomic mass is 127. The molecule has 0 aromatic carbocycles. The first-order valence-electron chi connectivity index (χ1n) is 3.46. The first kappa shape index (κ1) is 9.69. The maximum absolute atomic E-state index is 5.33. The van der Waals surface area contributed by atoms with Crippen molar-refractivity contribution in [3.63, 3.8) is 0 Å². The Morgan fingerprint density at radius 3 is 2.92 bits per heavy atom. The van der Waals surface area contributed by atoms with Gasteiger partial charge in [0, 0.05) is 12.6 Å². The topological polar surface area (TPSA) is 55.9 Å². The van der Waals surface area contributed by atoms with E-state index in [-0.39, 0.29) is 6.04 Å². The van der Waals surface area contributed by atoms with E-state index in [2.05, 4.69) is 39.7 Å². The zero-order valence-corrected chi connectivity index (χ0v) is 8.95. The molecule has 0 amide bonds. The van der Waals surface area contributed by atoms with E-state index in [0.717, 1.165) is 9.26 Å². The lowest BCUT2D eigenvalue weighted by molar-refractivity contribution is 0.650. The highest BCUT2D eigenvalue weighted by molar-refractivity contribution is 14.1. The van der Waals surface area contributed by atoms with Crippen molar-refractivity contribution in [1.82, 2.24) is 15.2 Å². The highest BCUT2D eigenvalue weighted by Gasteiger charge is 2.12. The summed E-state index contributed by atoms with van der Waals surface area (Å²) in [5, 5.41) is 4.10. The van der Waals surface area contributed by atoms with Crippen molar-refractivity contribution < 1.29 is 0 Å². The van der Waals surface area contributed by atoms with Crippen LogP contribution in [0.25, 0.3) is 0 Å². The van der Waals surface area contributed by atoms with Crippen molar-refractivity contribution in [3.05, 3.63) is 28.1 Å². The summed E-state index contributed by atoms with van der Waals surface area (Å²) in [6, 6.07) is -0.0226. The monoisotopic (exact) mass is 278 g/mol. The molecule has 0 bridgehead atoms. The molecule has 1 atom stereocenters. The second-order valence-electron chi connectivity index (χ2n) is 2.39. The first-order valence-corrected chi connectivity index (χ1v) is 4.54. The normalized spacial score (nSPS) is 12.9. The molecule has 0 spiro atoms. The lowest BCUT2D eigenvalue weighted by Crippen LogP contribution is -2.26. The zero-order chi connectivity index (χ0) is 9.14. The molecule has 0 saturated heterocycles. The van der Waals surface area contributed by atoms with Crippen molar-refractivity contribution in [1.29, 1.82) is 0 Å². The smallest absolute Gasteiger partial charge is 0.104 e. The summed E-state index contributed by atoms with van der Waals surface area (Å²) in [5.41, 5.74) is 3.70. The standard InChI is InChI=1S/C7H11IN4/c1-3-6(11-9)5-4-10-12(2)7(5)8/h3-4,6,11H,1,9H2,2H3. The summed E-state index contributed by atoms with van der Waals surface area (Å²) in [6.07, 6.45) is 3.53. The molecule has 4 nitrogen and oxygen atoms in total. The predicted molar refractivity (Wildman–Crippen MR) is 56.2 cm³/mol. The van der Waals surface area contributed by atoms with Crippen molar-refractivity contribution in [2.24, 2.45) is 12.9 Å². The van der Waals surface area contributed by atoms with Gasteiger partial charge in [-0.05, 0) is 22.6 Å². The molecule has 12 heavy (non-hydrogen) atoms. The van der Waals surface area contributed by atoms with Crippen LogP contribution in [0.4, 0.5) is 0 Å². The molecule has 66 valence electrons. The molecule has 1 aromatic heterocycles. The molecule has 0 aliphatic carbocycles. The number of nitrogens with two attached hydrogens (primary N) is 1. The fourth-order valence-electron chi connectivity index (χ4n) is 0.933. The van der Waals surface area contributed by atoms with Crippen LogP contribution >= 0.6 is 22.6 Å². The fraction of sp³-hybridized carbons (Fsp3) is 0.286. The Morgan fingerprint density at radius 2 is 2.58 bits per heavy atom. The average Bonchev–Trinajstić information content (AvgIpc) is 2.38. The summed E-state index contributed by atoms with van der Waals surface area (Å²) in [6.45, 7) is 3.68. The third-order valence-electron chi connectivity index (χ3n) is 1.64. The van der Waals surface area contributed by atoms with E-state index in [9.17, 15) is 0 Å². The predicted octanol–water partition coefficient (Wildman–Crippen LogP) is 0.715. The van der Waals surface area contributed by atoms with Crippen molar-refractivity contribution in [2.75, 3.05) is 0 Å². The van der Waals surface area contributed by atoms with E-state index in [1.807, 2.05) is 7.05 Å². The van der Waals surface area contributed by atoms with E-state index in [0.29, 0.717) is 0 Å². The lowest BCUT2D eigenvalue weighted by atomic mass is 10.2. The van der Waals surface area contributed by atoms with Gasteiger partial charge in [0.2, 0.25) is 0 Å². The van der Waals surface area contributed by atoms with Crippen molar-refractivity contribution in [2.45, 2.75) is 6.04 Å². The third-order valence-corrected chi connectivity index (χ3v) is 2.96. The van der Waals surface area contributed by atoms with Crippen molar-refractivity contribution >= 4 is 22.6 Å². The summed E-state index contributed by atoms with van der Waals surface area (Å²) >= 11 is 2.22. The van der Waals surface area contributed by atoms with Gasteiger partial charge in [-0.2, -0.15) is 5.10 Å². The van der Waals surface area contributed by atoms with Gasteiger partial charge in [-0.1, -0.05) is 6.08 Å². The van der Waals surface area contributed by atoms with Crippen molar-refractivity contribution in [3.8, 4) is 0 Å². The van der Waals surface area contributed by atoms with E-state index in [1.165, 1.54) is 0 Å². The van der Waals surface area contributed by atoms with Gasteiger partial charge < -0.3 is 0 Å². The highest BCUT2D eigenvalue weighted by Crippen LogP contribution is 2.18. The van der Waals surface area contributed by atoms with Gasteiger partial charge in [0.25, 0.3) is 0 Å². The van der Waals surface area contributed by atoms with Crippen LogP contribution in [0.3, 0.4) is 0 Å². The second-order valence-corrected chi connectivity index (χ2v) is 3.42. The largest absolute Gasteiger partial charge is 0.271 e.